The molecule has 7 nitrogen and oxygen atoms in total. The standard InChI is InChI=1S/C27H32N2O5/c1-16(2)23(27(3,4)25(32)29-14-13-22(29)24(30)31)28-26(33)34-15-21-19-11-7-5-9-17(19)18-10-6-8-12-20(18)21/h5-12,16,21-23H,13-15H2,1-4H3,(H,28,33)(H,30,31). The molecule has 0 bridgehead atoms. The predicted molar refractivity (Wildman–Crippen MR) is 128 cm³/mol. The van der Waals surface area contributed by atoms with Crippen molar-refractivity contribution in [1.29, 1.82) is 0 Å². The fourth-order valence-electron chi connectivity index (χ4n) is 5.34. The number of ether oxygens (including phenoxy) is 1. The van der Waals surface area contributed by atoms with E-state index in [4.69, 9.17) is 4.74 Å². The highest BCUT2D eigenvalue weighted by atomic mass is 16.5. The Morgan fingerprint density at radius 2 is 1.62 bits per heavy atom. The number of carbonyl (C=O) groups is 3. The van der Waals surface area contributed by atoms with Crippen LogP contribution in [-0.2, 0) is 14.3 Å². The van der Waals surface area contributed by atoms with E-state index in [-0.39, 0.29) is 24.3 Å². The molecule has 2 N–H and O–H groups in total. The predicted octanol–water partition coefficient (Wildman–Crippen LogP) is 4.26. The van der Waals surface area contributed by atoms with Crippen molar-refractivity contribution in [3.63, 3.8) is 0 Å². The summed E-state index contributed by atoms with van der Waals surface area (Å²) in [6.07, 6.45) is -0.136. The zero-order chi connectivity index (χ0) is 24.6. The number of carbonyl (C=O) groups excluding carboxylic acids is 2. The lowest BCUT2D eigenvalue weighted by Crippen LogP contribution is -2.63. The van der Waals surface area contributed by atoms with E-state index in [0.717, 1.165) is 22.3 Å². The number of nitrogens with zero attached hydrogens (tertiary/aromatic N) is 1. The van der Waals surface area contributed by atoms with Gasteiger partial charge < -0.3 is 20.1 Å². The van der Waals surface area contributed by atoms with Gasteiger partial charge in [-0.2, -0.15) is 0 Å². The van der Waals surface area contributed by atoms with Crippen LogP contribution in [0.1, 0.15) is 51.2 Å². The van der Waals surface area contributed by atoms with Gasteiger partial charge in [-0.1, -0.05) is 62.4 Å². The summed E-state index contributed by atoms with van der Waals surface area (Å²) in [5.41, 5.74) is 3.58. The maximum absolute atomic E-state index is 13.2. The number of hydrogen-bond donors (Lipinski definition) is 2. The van der Waals surface area contributed by atoms with Gasteiger partial charge in [0, 0.05) is 18.5 Å². The average molecular weight is 465 g/mol. The van der Waals surface area contributed by atoms with Crippen molar-refractivity contribution < 1.29 is 24.2 Å². The molecule has 2 aromatic carbocycles. The highest BCUT2D eigenvalue weighted by molar-refractivity contribution is 5.89. The number of fused-ring (bicyclic) bond motifs is 3. The SMILES string of the molecule is CC(C)C(NC(=O)OCC1c2ccccc2-c2ccccc21)C(C)(C)C(=O)N1CCC1C(=O)O. The number of rotatable bonds is 7. The van der Waals surface area contributed by atoms with Crippen molar-refractivity contribution in [3.8, 4) is 11.1 Å². The number of carboxylic acid groups (broad SMARTS) is 1. The molecule has 0 spiro atoms. The molecular weight excluding hydrogens is 432 g/mol. The Bertz CT molecular complexity index is 1060. The van der Waals surface area contributed by atoms with Gasteiger partial charge >= 0.3 is 12.1 Å². The molecule has 1 aliphatic carbocycles. The smallest absolute Gasteiger partial charge is 0.407 e. The van der Waals surface area contributed by atoms with Gasteiger partial charge in [0.1, 0.15) is 12.6 Å². The third kappa shape index (κ3) is 4.15. The van der Waals surface area contributed by atoms with E-state index in [9.17, 15) is 19.5 Å². The van der Waals surface area contributed by atoms with E-state index in [0.29, 0.717) is 13.0 Å². The normalized spacial score (nSPS) is 18.0. The van der Waals surface area contributed by atoms with Gasteiger partial charge in [0.15, 0.2) is 0 Å². The molecule has 0 radical (unpaired) electrons. The molecule has 4 rings (SSSR count). The van der Waals surface area contributed by atoms with Gasteiger partial charge in [-0.3, -0.25) is 4.79 Å². The topological polar surface area (TPSA) is 95.9 Å². The average Bonchev–Trinajstić information content (AvgIpc) is 3.08. The molecule has 2 aliphatic rings. The summed E-state index contributed by atoms with van der Waals surface area (Å²) in [5.74, 6) is -1.39. The minimum absolute atomic E-state index is 0.0531. The Hall–Kier alpha value is -3.35. The summed E-state index contributed by atoms with van der Waals surface area (Å²) in [5, 5.41) is 12.2. The van der Waals surface area contributed by atoms with Crippen LogP contribution in [0, 0.1) is 11.3 Å². The molecule has 1 aliphatic heterocycles. The van der Waals surface area contributed by atoms with Crippen LogP contribution in [0.2, 0.25) is 0 Å². The quantitative estimate of drug-likeness (QED) is 0.638. The first-order valence-electron chi connectivity index (χ1n) is 11.8. The van der Waals surface area contributed by atoms with Crippen LogP contribution >= 0.6 is 0 Å². The molecule has 34 heavy (non-hydrogen) atoms. The molecule has 1 heterocycles. The number of alkyl carbamates (subject to hydrolysis) is 1. The van der Waals surface area contributed by atoms with Crippen LogP contribution in [-0.4, -0.2) is 53.2 Å². The lowest BCUT2D eigenvalue weighted by molar-refractivity contribution is -0.163. The first kappa shape index (κ1) is 23.8. The maximum atomic E-state index is 13.2. The van der Waals surface area contributed by atoms with E-state index in [2.05, 4.69) is 29.6 Å². The highest BCUT2D eigenvalue weighted by Gasteiger charge is 2.48. The van der Waals surface area contributed by atoms with Gasteiger partial charge in [0.2, 0.25) is 5.91 Å². The van der Waals surface area contributed by atoms with E-state index in [1.54, 1.807) is 13.8 Å². The van der Waals surface area contributed by atoms with Gasteiger partial charge in [-0.25, -0.2) is 9.59 Å². The van der Waals surface area contributed by atoms with Crippen LogP contribution in [0.25, 0.3) is 11.1 Å². The molecule has 2 atom stereocenters. The van der Waals surface area contributed by atoms with Crippen LogP contribution < -0.4 is 5.32 Å². The molecule has 7 heteroatoms. The molecule has 2 aromatic rings. The summed E-state index contributed by atoms with van der Waals surface area (Å²) >= 11 is 0. The molecule has 0 saturated carbocycles. The van der Waals surface area contributed by atoms with E-state index in [1.165, 1.54) is 4.90 Å². The number of aliphatic carboxylic acids is 1. The molecule has 1 saturated heterocycles. The molecule has 1 fully saturated rings. The monoisotopic (exact) mass is 464 g/mol. The number of carboxylic acids is 1. The number of likely N-dealkylation sites (tertiary alicyclic amines) is 1. The lowest BCUT2D eigenvalue weighted by atomic mass is 9.76. The fraction of sp³-hybridized carbons (Fsp3) is 0.444. The Kier molecular flexibility index (Phi) is 6.39. The third-order valence-electron chi connectivity index (χ3n) is 7.18. The Morgan fingerprint density at radius 3 is 2.09 bits per heavy atom. The van der Waals surface area contributed by atoms with Crippen LogP contribution in [0.3, 0.4) is 0 Å². The van der Waals surface area contributed by atoms with E-state index < -0.39 is 29.6 Å². The van der Waals surface area contributed by atoms with Crippen molar-refractivity contribution in [2.75, 3.05) is 13.2 Å². The van der Waals surface area contributed by atoms with E-state index >= 15 is 0 Å². The summed E-state index contributed by atoms with van der Waals surface area (Å²) in [4.78, 5) is 38.9. The van der Waals surface area contributed by atoms with Gasteiger partial charge in [-0.05, 0) is 48.4 Å². The molecule has 0 aromatic heterocycles. The van der Waals surface area contributed by atoms with Crippen molar-refractivity contribution >= 4 is 18.0 Å². The minimum atomic E-state index is -0.999. The molecule has 2 unspecified atom stereocenters. The lowest BCUT2D eigenvalue weighted by Gasteiger charge is -2.45. The Balaban J connectivity index is 1.45. The zero-order valence-corrected chi connectivity index (χ0v) is 20.1. The van der Waals surface area contributed by atoms with Crippen LogP contribution in [0.4, 0.5) is 4.79 Å². The third-order valence-corrected chi connectivity index (χ3v) is 7.18. The first-order chi connectivity index (χ1) is 16.1. The number of benzene rings is 2. The largest absolute Gasteiger partial charge is 0.480 e. The Labute approximate surface area is 200 Å². The number of hydrogen-bond acceptors (Lipinski definition) is 4. The van der Waals surface area contributed by atoms with Crippen molar-refractivity contribution in [1.82, 2.24) is 10.2 Å². The number of nitrogens with one attached hydrogen (secondary N) is 1. The summed E-state index contributed by atoms with van der Waals surface area (Å²) < 4.78 is 5.69. The summed E-state index contributed by atoms with van der Waals surface area (Å²) in [7, 11) is 0. The second-order valence-electron chi connectivity index (χ2n) is 10.1. The van der Waals surface area contributed by atoms with Crippen molar-refractivity contribution in [2.24, 2.45) is 11.3 Å². The number of amides is 2. The van der Waals surface area contributed by atoms with Gasteiger partial charge in [0.05, 0.1) is 5.41 Å². The second kappa shape index (κ2) is 9.12. The molecular formula is C27H32N2O5. The zero-order valence-electron chi connectivity index (χ0n) is 20.1. The maximum Gasteiger partial charge on any atom is 0.407 e. The van der Waals surface area contributed by atoms with E-state index in [1.807, 2.05) is 38.1 Å². The van der Waals surface area contributed by atoms with Gasteiger partial charge in [0.25, 0.3) is 0 Å². The second-order valence-corrected chi connectivity index (χ2v) is 10.1. The summed E-state index contributed by atoms with van der Waals surface area (Å²) in [6.45, 7) is 7.95. The van der Waals surface area contributed by atoms with Crippen molar-refractivity contribution in [2.45, 2.75) is 52.1 Å². The molecule has 180 valence electrons. The van der Waals surface area contributed by atoms with Crippen LogP contribution in [0.15, 0.2) is 48.5 Å². The Morgan fingerprint density at radius 1 is 1.06 bits per heavy atom. The fourth-order valence-corrected chi connectivity index (χ4v) is 5.34. The minimum Gasteiger partial charge on any atom is -0.480 e. The van der Waals surface area contributed by atoms with Crippen LogP contribution in [0.5, 0.6) is 0 Å². The first-order valence-corrected chi connectivity index (χ1v) is 11.8. The molecule has 2 amide bonds. The van der Waals surface area contributed by atoms with Gasteiger partial charge in [-0.15, -0.1) is 0 Å². The summed E-state index contributed by atoms with van der Waals surface area (Å²) in [6, 6.07) is 14.9. The highest BCUT2D eigenvalue weighted by Crippen LogP contribution is 2.44. The van der Waals surface area contributed by atoms with Crippen molar-refractivity contribution in [3.05, 3.63) is 59.7 Å².